The number of nitrogens with zero attached hydrogens (tertiary/aromatic N) is 2. The summed E-state index contributed by atoms with van der Waals surface area (Å²) in [5.74, 6) is 0. The molecule has 3 nitrogen and oxygen atoms in total. The van der Waals surface area contributed by atoms with Gasteiger partial charge in [-0.25, -0.2) is 4.99 Å². The van der Waals surface area contributed by atoms with Gasteiger partial charge in [-0.1, -0.05) is 41.4 Å². The van der Waals surface area contributed by atoms with E-state index >= 15 is 0 Å². The van der Waals surface area contributed by atoms with E-state index in [0.29, 0.717) is 11.6 Å². The van der Waals surface area contributed by atoms with E-state index in [4.69, 9.17) is 11.6 Å². The van der Waals surface area contributed by atoms with Crippen LogP contribution < -0.4 is 4.80 Å². The SMILES string of the molecule is Cc1ccc(-c2csc(=Nc3ccc(Cl)cc3)n2CCO)cc1. The van der Waals surface area contributed by atoms with Crippen LogP contribution in [0.3, 0.4) is 0 Å². The van der Waals surface area contributed by atoms with Gasteiger partial charge in [0.1, 0.15) is 0 Å². The number of halogens is 1. The minimum Gasteiger partial charge on any atom is -0.395 e. The first-order chi connectivity index (χ1) is 11.2. The number of aliphatic hydroxyl groups is 1. The lowest BCUT2D eigenvalue weighted by Gasteiger charge is -2.07. The number of aromatic nitrogens is 1. The average molecular weight is 345 g/mol. The first kappa shape index (κ1) is 16.0. The van der Waals surface area contributed by atoms with Gasteiger partial charge in [0.15, 0.2) is 4.80 Å². The fourth-order valence-corrected chi connectivity index (χ4v) is 3.40. The molecule has 5 heteroatoms. The second kappa shape index (κ2) is 7.13. The summed E-state index contributed by atoms with van der Waals surface area (Å²) in [5.41, 5.74) is 4.26. The van der Waals surface area contributed by atoms with Gasteiger partial charge >= 0.3 is 0 Å². The highest BCUT2D eigenvalue weighted by Crippen LogP contribution is 2.22. The van der Waals surface area contributed by atoms with E-state index in [1.807, 2.05) is 28.8 Å². The lowest BCUT2D eigenvalue weighted by atomic mass is 10.1. The Morgan fingerprint density at radius 2 is 1.78 bits per heavy atom. The molecule has 1 N–H and O–H groups in total. The highest BCUT2D eigenvalue weighted by atomic mass is 35.5. The topological polar surface area (TPSA) is 37.5 Å². The summed E-state index contributed by atoms with van der Waals surface area (Å²) in [4.78, 5) is 5.53. The van der Waals surface area contributed by atoms with Crippen molar-refractivity contribution in [1.29, 1.82) is 0 Å². The molecule has 0 aliphatic rings. The number of hydrogen-bond donors (Lipinski definition) is 1. The molecule has 2 aromatic carbocycles. The standard InChI is InChI=1S/C18H17ClN2OS/c1-13-2-4-14(5-3-13)17-12-23-18(21(17)10-11-22)20-16-8-6-15(19)7-9-16/h2-9,12,22H,10-11H2,1H3. The maximum Gasteiger partial charge on any atom is 0.190 e. The Bertz CT molecular complexity index is 848. The molecular formula is C18H17ClN2OS. The molecule has 0 bridgehead atoms. The van der Waals surface area contributed by atoms with Gasteiger partial charge < -0.3 is 9.67 Å². The van der Waals surface area contributed by atoms with Crippen molar-refractivity contribution in [2.45, 2.75) is 13.5 Å². The lowest BCUT2D eigenvalue weighted by molar-refractivity contribution is 0.275. The molecule has 118 valence electrons. The van der Waals surface area contributed by atoms with Crippen LogP contribution in [0.25, 0.3) is 11.3 Å². The highest BCUT2D eigenvalue weighted by molar-refractivity contribution is 7.07. The van der Waals surface area contributed by atoms with Crippen LogP contribution in [0.2, 0.25) is 5.02 Å². The molecule has 0 radical (unpaired) electrons. The van der Waals surface area contributed by atoms with Crippen LogP contribution in [0.4, 0.5) is 5.69 Å². The third-order valence-electron chi connectivity index (χ3n) is 3.52. The fourth-order valence-electron chi connectivity index (χ4n) is 2.32. The van der Waals surface area contributed by atoms with Gasteiger partial charge in [-0.15, -0.1) is 11.3 Å². The van der Waals surface area contributed by atoms with Crippen LogP contribution in [-0.2, 0) is 6.54 Å². The Kier molecular flexibility index (Phi) is 4.96. The van der Waals surface area contributed by atoms with Crippen molar-refractivity contribution in [3.63, 3.8) is 0 Å². The number of rotatable bonds is 4. The molecule has 0 unspecified atom stereocenters. The van der Waals surface area contributed by atoms with Crippen LogP contribution in [0.5, 0.6) is 0 Å². The summed E-state index contributed by atoms with van der Waals surface area (Å²) in [5, 5.41) is 12.2. The van der Waals surface area contributed by atoms with E-state index in [1.165, 1.54) is 5.56 Å². The zero-order chi connectivity index (χ0) is 16.2. The molecule has 3 rings (SSSR count). The Labute approximate surface area is 144 Å². The Balaban J connectivity index is 2.08. The molecule has 0 fully saturated rings. The fraction of sp³-hybridized carbons (Fsp3) is 0.167. The molecule has 23 heavy (non-hydrogen) atoms. The van der Waals surface area contributed by atoms with Gasteiger partial charge in [-0.2, -0.15) is 0 Å². The summed E-state index contributed by atoms with van der Waals surface area (Å²) in [6.07, 6.45) is 0. The van der Waals surface area contributed by atoms with E-state index in [0.717, 1.165) is 21.7 Å². The average Bonchev–Trinajstić information content (AvgIpc) is 2.94. The van der Waals surface area contributed by atoms with Gasteiger partial charge in [0.2, 0.25) is 0 Å². The molecule has 0 spiro atoms. The minimum absolute atomic E-state index is 0.0728. The molecule has 0 aliphatic carbocycles. The van der Waals surface area contributed by atoms with E-state index < -0.39 is 0 Å². The quantitative estimate of drug-likeness (QED) is 0.748. The first-order valence-corrected chi connectivity index (χ1v) is 8.59. The molecule has 1 aromatic heterocycles. The second-order valence-corrected chi connectivity index (χ2v) is 6.51. The van der Waals surface area contributed by atoms with Crippen LogP contribution in [0.1, 0.15) is 5.56 Å². The van der Waals surface area contributed by atoms with Crippen molar-refractivity contribution >= 4 is 28.6 Å². The Morgan fingerprint density at radius 3 is 2.43 bits per heavy atom. The van der Waals surface area contributed by atoms with Crippen molar-refractivity contribution in [1.82, 2.24) is 4.57 Å². The van der Waals surface area contributed by atoms with Gasteiger partial charge in [0.25, 0.3) is 0 Å². The van der Waals surface area contributed by atoms with Crippen LogP contribution in [0, 0.1) is 6.92 Å². The van der Waals surface area contributed by atoms with E-state index in [1.54, 1.807) is 11.3 Å². The molecule has 0 atom stereocenters. The van der Waals surface area contributed by atoms with Crippen molar-refractivity contribution in [2.75, 3.05) is 6.61 Å². The van der Waals surface area contributed by atoms with Gasteiger partial charge in [0, 0.05) is 16.9 Å². The zero-order valence-electron chi connectivity index (χ0n) is 12.7. The highest BCUT2D eigenvalue weighted by Gasteiger charge is 2.07. The number of aryl methyl sites for hydroxylation is 1. The maximum absolute atomic E-state index is 9.41. The van der Waals surface area contributed by atoms with E-state index in [9.17, 15) is 5.11 Å². The van der Waals surface area contributed by atoms with Crippen molar-refractivity contribution < 1.29 is 5.11 Å². The third kappa shape index (κ3) is 3.72. The Hall–Kier alpha value is -1.88. The Morgan fingerprint density at radius 1 is 1.09 bits per heavy atom. The molecule has 0 saturated carbocycles. The number of thiazole rings is 1. The molecule has 0 aliphatic heterocycles. The maximum atomic E-state index is 9.41. The summed E-state index contributed by atoms with van der Waals surface area (Å²) < 4.78 is 2.05. The monoisotopic (exact) mass is 344 g/mol. The summed E-state index contributed by atoms with van der Waals surface area (Å²) in [7, 11) is 0. The van der Waals surface area contributed by atoms with E-state index in [-0.39, 0.29) is 6.61 Å². The lowest BCUT2D eigenvalue weighted by Crippen LogP contribution is -2.17. The number of hydrogen-bond acceptors (Lipinski definition) is 3. The van der Waals surface area contributed by atoms with Gasteiger partial charge in [-0.05, 0) is 36.8 Å². The molecule has 3 aromatic rings. The van der Waals surface area contributed by atoms with Crippen LogP contribution >= 0.6 is 22.9 Å². The van der Waals surface area contributed by atoms with E-state index in [2.05, 4.69) is 41.6 Å². The predicted octanol–water partition coefficient (Wildman–Crippen LogP) is 4.40. The third-order valence-corrected chi connectivity index (χ3v) is 4.64. The van der Waals surface area contributed by atoms with Crippen molar-refractivity contribution in [3.05, 3.63) is 69.3 Å². The van der Waals surface area contributed by atoms with Crippen molar-refractivity contribution in [2.24, 2.45) is 4.99 Å². The van der Waals surface area contributed by atoms with Gasteiger partial charge in [0.05, 0.1) is 18.0 Å². The van der Waals surface area contributed by atoms with Crippen molar-refractivity contribution in [3.8, 4) is 11.3 Å². The number of benzene rings is 2. The molecule has 1 heterocycles. The summed E-state index contributed by atoms with van der Waals surface area (Å²) >= 11 is 7.48. The predicted molar refractivity (Wildman–Crippen MR) is 96.2 cm³/mol. The second-order valence-electron chi connectivity index (χ2n) is 5.23. The molecular weight excluding hydrogens is 328 g/mol. The largest absolute Gasteiger partial charge is 0.395 e. The van der Waals surface area contributed by atoms with Crippen LogP contribution in [0.15, 0.2) is 58.9 Å². The summed E-state index contributed by atoms with van der Waals surface area (Å²) in [6.45, 7) is 2.66. The summed E-state index contributed by atoms with van der Waals surface area (Å²) in [6, 6.07) is 15.8. The zero-order valence-corrected chi connectivity index (χ0v) is 14.3. The molecule has 0 saturated heterocycles. The minimum atomic E-state index is 0.0728. The first-order valence-electron chi connectivity index (χ1n) is 7.34. The van der Waals surface area contributed by atoms with Gasteiger partial charge in [-0.3, -0.25) is 0 Å². The smallest absolute Gasteiger partial charge is 0.190 e. The molecule has 0 amide bonds. The number of aliphatic hydroxyl groups excluding tert-OH is 1. The normalized spacial score (nSPS) is 11.9. The van der Waals surface area contributed by atoms with Crippen LogP contribution in [-0.4, -0.2) is 16.3 Å².